The number of rotatable bonds is 6. The lowest BCUT2D eigenvalue weighted by atomic mass is 10.1. The van der Waals surface area contributed by atoms with Gasteiger partial charge >= 0.3 is 0 Å². The topological polar surface area (TPSA) is 49.6 Å². The Balaban J connectivity index is 1.52. The molecule has 2 aromatic heterocycles. The number of pyridine rings is 1. The number of benzene rings is 1. The molecule has 0 aliphatic carbocycles. The van der Waals surface area contributed by atoms with Crippen molar-refractivity contribution in [3.8, 4) is 0 Å². The van der Waals surface area contributed by atoms with Crippen molar-refractivity contribution in [3.05, 3.63) is 70.9 Å². The minimum Gasteiger partial charge on any atom is -0.337 e. The third-order valence-corrected chi connectivity index (χ3v) is 5.75. The third-order valence-electron chi connectivity index (χ3n) is 5.75. The van der Waals surface area contributed by atoms with Crippen LogP contribution in [0.15, 0.2) is 42.6 Å². The van der Waals surface area contributed by atoms with Gasteiger partial charge in [-0.25, -0.2) is 9.37 Å². The van der Waals surface area contributed by atoms with Gasteiger partial charge in [0.05, 0.1) is 5.69 Å². The molecule has 1 aromatic carbocycles. The fourth-order valence-electron chi connectivity index (χ4n) is 4.09. The Hall–Kier alpha value is -2.73. The van der Waals surface area contributed by atoms with Gasteiger partial charge in [-0.2, -0.15) is 0 Å². The Morgan fingerprint density at radius 3 is 2.70 bits per heavy atom. The van der Waals surface area contributed by atoms with E-state index in [-0.39, 0.29) is 11.7 Å². The lowest BCUT2D eigenvalue weighted by Gasteiger charge is -2.20. The van der Waals surface area contributed by atoms with E-state index in [1.807, 2.05) is 40.6 Å². The van der Waals surface area contributed by atoms with Crippen LogP contribution in [0.5, 0.6) is 0 Å². The third kappa shape index (κ3) is 4.70. The Morgan fingerprint density at radius 2 is 1.93 bits per heavy atom. The summed E-state index contributed by atoms with van der Waals surface area (Å²) >= 11 is 0. The van der Waals surface area contributed by atoms with Crippen LogP contribution >= 0.6 is 0 Å². The summed E-state index contributed by atoms with van der Waals surface area (Å²) in [5.74, 6) is -0.185. The molecular weight excluding hydrogens is 379 g/mol. The van der Waals surface area contributed by atoms with Crippen LogP contribution in [-0.4, -0.2) is 39.8 Å². The van der Waals surface area contributed by atoms with Crippen LogP contribution in [0.4, 0.5) is 4.39 Å². The molecule has 1 amide bonds. The average Bonchev–Trinajstić information content (AvgIpc) is 2.90. The molecule has 30 heavy (non-hydrogen) atoms. The van der Waals surface area contributed by atoms with E-state index in [9.17, 15) is 9.18 Å². The van der Waals surface area contributed by atoms with Crippen LogP contribution in [0.25, 0.3) is 5.65 Å². The Bertz CT molecular complexity index is 1020. The molecule has 6 heteroatoms. The lowest BCUT2D eigenvalue weighted by molar-refractivity contribution is 0.0755. The SMILES string of the molecule is Cc1ccn2c(CNCCc3cccc(F)c3)c(C(=O)N3CCCCCC3)nc2c1. The molecule has 0 unspecified atom stereocenters. The predicted octanol–water partition coefficient (Wildman–Crippen LogP) is 4.13. The number of hydrogen-bond donors (Lipinski definition) is 1. The molecule has 1 N–H and O–H groups in total. The molecule has 0 spiro atoms. The van der Waals surface area contributed by atoms with Crippen molar-refractivity contribution in [2.75, 3.05) is 19.6 Å². The van der Waals surface area contributed by atoms with Gasteiger partial charge in [0.15, 0.2) is 5.69 Å². The van der Waals surface area contributed by atoms with Crippen LogP contribution in [0.3, 0.4) is 0 Å². The van der Waals surface area contributed by atoms with E-state index < -0.39 is 0 Å². The number of nitrogens with one attached hydrogen (secondary N) is 1. The van der Waals surface area contributed by atoms with Crippen molar-refractivity contribution in [2.45, 2.75) is 45.6 Å². The monoisotopic (exact) mass is 408 g/mol. The highest BCUT2D eigenvalue weighted by molar-refractivity contribution is 5.94. The molecule has 1 aliphatic heterocycles. The molecule has 3 aromatic rings. The second kappa shape index (κ2) is 9.39. The fraction of sp³-hybridized carbons (Fsp3) is 0.417. The lowest BCUT2D eigenvalue weighted by Crippen LogP contribution is -2.33. The van der Waals surface area contributed by atoms with Crippen LogP contribution in [-0.2, 0) is 13.0 Å². The molecule has 0 radical (unpaired) electrons. The van der Waals surface area contributed by atoms with Crippen LogP contribution in [0, 0.1) is 12.7 Å². The number of halogens is 1. The standard InChI is InChI=1S/C24H29FN4O/c1-18-10-14-29-21(17-26-11-9-19-7-6-8-20(25)16-19)23(27-22(29)15-18)24(30)28-12-4-2-3-5-13-28/h6-8,10,14-16,26H,2-5,9,11-13,17H2,1H3. The maximum absolute atomic E-state index is 13.4. The maximum Gasteiger partial charge on any atom is 0.274 e. The number of hydrogen-bond acceptors (Lipinski definition) is 3. The van der Waals surface area contributed by atoms with E-state index in [4.69, 9.17) is 4.98 Å². The number of amides is 1. The van der Waals surface area contributed by atoms with Gasteiger partial charge in [0.1, 0.15) is 11.5 Å². The Morgan fingerprint density at radius 1 is 1.13 bits per heavy atom. The number of fused-ring (bicyclic) bond motifs is 1. The first kappa shape index (κ1) is 20.5. The van der Waals surface area contributed by atoms with Crippen molar-refractivity contribution in [2.24, 2.45) is 0 Å². The van der Waals surface area contributed by atoms with Gasteiger partial charge in [0, 0.05) is 25.8 Å². The summed E-state index contributed by atoms with van der Waals surface area (Å²) in [7, 11) is 0. The molecule has 1 aliphatic rings. The van der Waals surface area contributed by atoms with Gasteiger partial charge < -0.3 is 14.6 Å². The molecule has 0 bridgehead atoms. The zero-order chi connectivity index (χ0) is 20.9. The molecule has 5 nitrogen and oxygen atoms in total. The highest BCUT2D eigenvalue weighted by atomic mass is 19.1. The Kier molecular flexibility index (Phi) is 6.43. The summed E-state index contributed by atoms with van der Waals surface area (Å²) in [5.41, 5.74) is 4.30. The van der Waals surface area contributed by atoms with Crippen molar-refractivity contribution in [3.63, 3.8) is 0 Å². The highest BCUT2D eigenvalue weighted by Gasteiger charge is 2.24. The first-order valence-corrected chi connectivity index (χ1v) is 10.8. The molecule has 0 saturated carbocycles. The second-order valence-electron chi connectivity index (χ2n) is 8.10. The Labute approximate surface area is 176 Å². The van der Waals surface area contributed by atoms with Crippen molar-refractivity contribution in [1.82, 2.24) is 19.6 Å². The number of aromatic nitrogens is 2. The molecule has 1 fully saturated rings. The van der Waals surface area contributed by atoms with Gasteiger partial charge in [-0.1, -0.05) is 25.0 Å². The minimum absolute atomic E-state index is 0.0279. The number of carbonyl (C=O) groups excluding carboxylic acids is 1. The summed E-state index contributed by atoms with van der Waals surface area (Å²) in [5, 5.41) is 3.42. The maximum atomic E-state index is 13.4. The van der Waals surface area contributed by atoms with Gasteiger partial charge in [-0.05, 0) is 68.1 Å². The van der Waals surface area contributed by atoms with E-state index in [0.717, 1.165) is 54.8 Å². The van der Waals surface area contributed by atoms with Crippen molar-refractivity contribution in [1.29, 1.82) is 0 Å². The summed E-state index contributed by atoms with van der Waals surface area (Å²) in [6, 6.07) is 10.7. The molecule has 158 valence electrons. The van der Waals surface area contributed by atoms with Gasteiger partial charge in [0.25, 0.3) is 5.91 Å². The van der Waals surface area contributed by atoms with E-state index >= 15 is 0 Å². The van der Waals surface area contributed by atoms with Crippen LogP contribution in [0.2, 0.25) is 0 Å². The predicted molar refractivity (Wildman–Crippen MR) is 116 cm³/mol. The number of imidazole rings is 1. The van der Waals surface area contributed by atoms with E-state index in [0.29, 0.717) is 18.8 Å². The largest absolute Gasteiger partial charge is 0.337 e. The molecule has 1 saturated heterocycles. The zero-order valence-corrected chi connectivity index (χ0v) is 17.5. The summed E-state index contributed by atoms with van der Waals surface area (Å²) in [4.78, 5) is 20.0. The molecule has 3 heterocycles. The van der Waals surface area contributed by atoms with E-state index in [1.54, 1.807) is 12.1 Å². The summed E-state index contributed by atoms with van der Waals surface area (Å²) in [6.45, 7) is 4.87. The molecule has 0 atom stereocenters. The first-order valence-electron chi connectivity index (χ1n) is 10.8. The number of likely N-dealkylation sites (tertiary alicyclic amines) is 1. The first-order chi connectivity index (χ1) is 14.6. The highest BCUT2D eigenvalue weighted by Crippen LogP contribution is 2.19. The van der Waals surface area contributed by atoms with E-state index in [2.05, 4.69) is 5.32 Å². The van der Waals surface area contributed by atoms with Crippen molar-refractivity contribution < 1.29 is 9.18 Å². The minimum atomic E-state index is -0.213. The van der Waals surface area contributed by atoms with Gasteiger partial charge in [0.2, 0.25) is 0 Å². The smallest absolute Gasteiger partial charge is 0.274 e. The normalized spacial score (nSPS) is 14.8. The second-order valence-corrected chi connectivity index (χ2v) is 8.10. The van der Waals surface area contributed by atoms with Crippen LogP contribution < -0.4 is 5.32 Å². The summed E-state index contributed by atoms with van der Waals surface area (Å²) in [6.07, 6.45) is 7.19. The number of nitrogens with zero attached hydrogens (tertiary/aromatic N) is 3. The average molecular weight is 409 g/mol. The van der Waals surface area contributed by atoms with Gasteiger partial charge in [-0.3, -0.25) is 4.79 Å². The van der Waals surface area contributed by atoms with Gasteiger partial charge in [-0.15, -0.1) is 0 Å². The van der Waals surface area contributed by atoms with Crippen LogP contribution in [0.1, 0.15) is 53.0 Å². The molecular formula is C24H29FN4O. The number of carbonyl (C=O) groups is 1. The number of aryl methyl sites for hydroxylation is 1. The zero-order valence-electron chi connectivity index (χ0n) is 17.5. The summed E-state index contributed by atoms with van der Waals surface area (Å²) < 4.78 is 15.4. The molecule has 4 rings (SSSR count). The van der Waals surface area contributed by atoms with E-state index in [1.165, 1.54) is 18.9 Å². The fourth-order valence-corrected chi connectivity index (χ4v) is 4.09. The van der Waals surface area contributed by atoms with Crippen molar-refractivity contribution >= 4 is 11.6 Å². The quantitative estimate of drug-likeness (QED) is 0.624.